The second-order valence-electron chi connectivity index (χ2n) is 7.66. The van der Waals surface area contributed by atoms with Crippen LogP contribution in [-0.4, -0.2) is 62.1 Å². The maximum Gasteiger partial charge on any atom is 0.178 e. The molecule has 2 aromatic rings. The fraction of sp³-hybridized carbons (Fsp3) is 0.706. The van der Waals surface area contributed by atoms with Crippen LogP contribution in [0.1, 0.15) is 45.9 Å². The number of nitrogens with zero attached hydrogens (tertiary/aromatic N) is 5. The Bertz CT molecular complexity index is 671. The van der Waals surface area contributed by atoms with Crippen LogP contribution in [0.4, 0.5) is 5.82 Å². The molecule has 7 nitrogen and oxygen atoms in total. The molecule has 1 unspecified atom stereocenters. The van der Waals surface area contributed by atoms with E-state index in [2.05, 4.69) is 46.3 Å². The van der Waals surface area contributed by atoms with E-state index < -0.39 is 6.10 Å². The molecule has 24 heavy (non-hydrogen) atoms. The van der Waals surface area contributed by atoms with Crippen LogP contribution in [0.5, 0.6) is 0 Å². The number of aliphatic hydroxyl groups is 1. The fourth-order valence-electron chi connectivity index (χ4n) is 3.08. The topological polar surface area (TPSA) is 78.6 Å². The van der Waals surface area contributed by atoms with E-state index in [9.17, 15) is 5.11 Å². The zero-order valence-electron chi connectivity index (χ0n) is 14.9. The third-order valence-electron chi connectivity index (χ3n) is 4.37. The Morgan fingerprint density at radius 1 is 1.17 bits per heavy atom. The minimum absolute atomic E-state index is 0.126. The van der Waals surface area contributed by atoms with E-state index in [1.807, 2.05) is 12.1 Å². The molecule has 0 amide bonds. The molecule has 0 saturated carbocycles. The van der Waals surface area contributed by atoms with Crippen LogP contribution in [-0.2, 0) is 5.41 Å². The molecule has 7 heteroatoms. The summed E-state index contributed by atoms with van der Waals surface area (Å²) < 4.78 is 1.78. The third kappa shape index (κ3) is 4.02. The highest BCUT2D eigenvalue weighted by Crippen LogP contribution is 2.20. The van der Waals surface area contributed by atoms with E-state index >= 15 is 0 Å². The van der Waals surface area contributed by atoms with Crippen LogP contribution in [0.3, 0.4) is 0 Å². The molecular weight excluding hydrogens is 304 g/mol. The average Bonchev–Trinajstić information content (AvgIpc) is 2.97. The summed E-state index contributed by atoms with van der Waals surface area (Å²) in [6.07, 6.45) is 3.39. The lowest BCUT2D eigenvalue weighted by Gasteiger charge is -2.28. The first-order valence-corrected chi connectivity index (χ1v) is 8.81. The zero-order chi connectivity index (χ0) is 17.2. The third-order valence-corrected chi connectivity index (χ3v) is 4.37. The molecule has 0 spiro atoms. The number of anilines is 1. The molecular formula is C17H28N6O. The van der Waals surface area contributed by atoms with Crippen molar-refractivity contribution in [2.24, 2.45) is 0 Å². The van der Waals surface area contributed by atoms with Crippen molar-refractivity contribution in [3.8, 4) is 0 Å². The number of piperidine rings is 1. The summed E-state index contributed by atoms with van der Waals surface area (Å²) in [6.45, 7) is 9.67. The molecule has 0 aliphatic carbocycles. The van der Waals surface area contributed by atoms with E-state index in [4.69, 9.17) is 0 Å². The highest BCUT2D eigenvalue weighted by atomic mass is 16.3. The first kappa shape index (κ1) is 17.1. The van der Waals surface area contributed by atoms with Gasteiger partial charge in [0, 0.05) is 18.5 Å². The van der Waals surface area contributed by atoms with E-state index in [1.54, 1.807) is 4.52 Å². The van der Waals surface area contributed by atoms with E-state index in [1.165, 1.54) is 19.3 Å². The monoisotopic (exact) mass is 332 g/mol. The van der Waals surface area contributed by atoms with Gasteiger partial charge in [0.15, 0.2) is 11.5 Å². The van der Waals surface area contributed by atoms with Gasteiger partial charge in [0.05, 0.1) is 6.10 Å². The minimum atomic E-state index is -0.399. The van der Waals surface area contributed by atoms with Crippen molar-refractivity contribution in [2.75, 3.05) is 31.5 Å². The highest BCUT2D eigenvalue weighted by Gasteiger charge is 2.22. The molecule has 1 fully saturated rings. The van der Waals surface area contributed by atoms with Crippen molar-refractivity contribution < 1.29 is 5.11 Å². The second kappa shape index (κ2) is 7.03. The maximum absolute atomic E-state index is 10.3. The second-order valence-corrected chi connectivity index (χ2v) is 7.66. The number of fused-ring (bicyclic) bond motifs is 1. The van der Waals surface area contributed by atoms with Gasteiger partial charge in [-0.05, 0) is 38.1 Å². The largest absolute Gasteiger partial charge is 0.390 e. The van der Waals surface area contributed by atoms with Gasteiger partial charge in [-0.3, -0.25) is 0 Å². The van der Waals surface area contributed by atoms with E-state index in [0.717, 1.165) is 36.9 Å². The van der Waals surface area contributed by atoms with Gasteiger partial charge in [-0.1, -0.05) is 27.2 Å². The molecule has 1 saturated heterocycles. The first-order chi connectivity index (χ1) is 11.4. The van der Waals surface area contributed by atoms with Gasteiger partial charge in [0.1, 0.15) is 5.82 Å². The summed E-state index contributed by atoms with van der Waals surface area (Å²) in [6, 6.07) is 3.78. The average molecular weight is 332 g/mol. The number of aromatic nitrogens is 4. The number of hydrogen-bond donors (Lipinski definition) is 2. The van der Waals surface area contributed by atoms with Gasteiger partial charge in [-0.2, -0.15) is 4.52 Å². The number of hydrogen-bond acceptors (Lipinski definition) is 6. The number of rotatable bonds is 5. The summed E-state index contributed by atoms with van der Waals surface area (Å²) in [5.74, 6) is 1.56. The molecule has 0 radical (unpaired) electrons. The molecule has 2 aromatic heterocycles. The van der Waals surface area contributed by atoms with Crippen LogP contribution >= 0.6 is 0 Å². The lowest BCUT2D eigenvalue weighted by molar-refractivity contribution is 0.109. The Kier molecular flexibility index (Phi) is 5.01. The van der Waals surface area contributed by atoms with Gasteiger partial charge in [0.2, 0.25) is 0 Å². The summed E-state index contributed by atoms with van der Waals surface area (Å²) in [4.78, 5) is 2.34. The smallest absolute Gasteiger partial charge is 0.178 e. The number of aliphatic hydroxyl groups excluding tert-OH is 1. The van der Waals surface area contributed by atoms with E-state index in [0.29, 0.717) is 6.54 Å². The van der Waals surface area contributed by atoms with Crippen LogP contribution in [0.2, 0.25) is 0 Å². The van der Waals surface area contributed by atoms with Gasteiger partial charge < -0.3 is 15.3 Å². The fourth-order valence-corrected chi connectivity index (χ4v) is 3.08. The predicted octanol–water partition coefficient (Wildman–Crippen LogP) is 1.68. The Labute approximate surface area is 143 Å². The molecule has 0 bridgehead atoms. The molecule has 132 valence electrons. The molecule has 1 aliphatic heterocycles. The molecule has 0 aromatic carbocycles. The lowest BCUT2D eigenvalue weighted by atomic mass is 9.96. The zero-order valence-corrected chi connectivity index (χ0v) is 14.9. The van der Waals surface area contributed by atoms with Crippen molar-refractivity contribution in [3.63, 3.8) is 0 Å². The normalized spacial score (nSPS) is 18.0. The van der Waals surface area contributed by atoms with Gasteiger partial charge in [-0.25, -0.2) is 0 Å². The van der Waals surface area contributed by atoms with Crippen molar-refractivity contribution in [1.29, 1.82) is 0 Å². The minimum Gasteiger partial charge on any atom is -0.390 e. The molecule has 1 atom stereocenters. The van der Waals surface area contributed by atoms with Crippen LogP contribution < -0.4 is 5.32 Å². The Morgan fingerprint density at radius 2 is 1.92 bits per heavy atom. The SMILES string of the molecule is CC(C)(C)c1nnc2ccc(NCC(O)CN3CCCCC3)nn12. The summed E-state index contributed by atoms with van der Waals surface area (Å²) in [5.41, 5.74) is 0.609. The van der Waals surface area contributed by atoms with Crippen LogP contribution in [0.25, 0.3) is 5.65 Å². The molecule has 3 rings (SSSR count). The highest BCUT2D eigenvalue weighted by molar-refractivity contribution is 5.44. The van der Waals surface area contributed by atoms with Crippen molar-refractivity contribution in [1.82, 2.24) is 24.7 Å². The standard InChI is InChI=1S/C17H28N6O/c1-17(2,3)16-20-19-15-8-7-14(21-23(15)16)18-11-13(24)12-22-9-5-4-6-10-22/h7-8,13,24H,4-6,9-12H2,1-3H3,(H,18,21). The Balaban J connectivity index is 1.62. The van der Waals surface area contributed by atoms with Crippen molar-refractivity contribution in [3.05, 3.63) is 18.0 Å². The number of β-amino-alcohol motifs (C(OH)–C–C–N with tert-alkyl or cyclic N) is 1. The van der Waals surface area contributed by atoms with Crippen molar-refractivity contribution in [2.45, 2.75) is 51.6 Å². The number of nitrogens with one attached hydrogen (secondary N) is 1. The molecule has 1 aliphatic rings. The molecule has 3 heterocycles. The maximum atomic E-state index is 10.3. The van der Waals surface area contributed by atoms with Gasteiger partial charge >= 0.3 is 0 Å². The molecule has 2 N–H and O–H groups in total. The lowest BCUT2D eigenvalue weighted by Crippen LogP contribution is -2.39. The first-order valence-electron chi connectivity index (χ1n) is 8.81. The quantitative estimate of drug-likeness (QED) is 0.867. The van der Waals surface area contributed by atoms with Crippen LogP contribution in [0, 0.1) is 0 Å². The Morgan fingerprint density at radius 3 is 2.62 bits per heavy atom. The van der Waals surface area contributed by atoms with Crippen LogP contribution in [0.15, 0.2) is 12.1 Å². The predicted molar refractivity (Wildman–Crippen MR) is 94.3 cm³/mol. The Hall–Kier alpha value is -1.73. The summed E-state index contributed by atoms with van der Waals surface area (Å²) in [7, 11) is 0. The van der Waals surface area contributed by atoms with Crippen molar-refractivity contribution >= 4 is 11.5 Å². The number of likely N-dealkylation sites (tertiary alicyclic amines) is 1. The van der Waals surface area contributed by atoms with E-state index in [-0.39, 0.29) is 5.41 Å². The summed E-state index contributed by atoms with van der Waals surface area (Å²) >= 11 is 0. The summed E-state index contributed by atoms with van der Waals surface area (Å²) in [5, 5.41) is 26.5. The van der Waals surface area contributed by atoms with Gasteiger partial charge in [0.25, 0.3) is 0 Å². The van der Waals surface area contributed by atoms with Gasteiger partial charge in [-0.15, -0.1) is 15.3 Å².